The molecule has 0 radical (unpaired) electrons. The van der Waals surface area contributed by atoms with Crippen LogP contribution in [0.4, 0.5) is 32.0 Å². The minimum atomic E-state index is -5.05. The number of benzene rings is 1. The molecule has 1 amide bonds. The van der Waals surface area contributed by atoms with Crippen LogP contribution >= 0.6 is 11.3 Å². The third-order valence-corrected chi connectivity index (χ3v) is 3.84. The highest BCUT2D eigenvalue weighted by molar-refractivity contribution is 7.08. The molecular weight excluding hydrogens is 404 g/mol. The molecule has 2 N–H and O–H groups in total. The minimum absolute atomic E-state index is 0.0684. The molecule has 12 heteroatoms. The summed E-state index contributed by atoms with van der Waals surface area (Å²) in [6.45, 7) is -0.923. The molecule has 1 aromatic carbocycles. The first kappa shape index (κ1) is 20.6. The molecule has 1 aromatic heterocycles. The number of rotatable bonds is 5. The number of halogens is 6. The van der Waals surface area contributed by atoms with E-state index in [1.165, 1.54) is 10.8 Å². The van der Waals surface area contributed by atoms with Crippen molar-refractivity contribution in [3.63, 3.8) is 0 Å². The smallest absolute Gasteiger partial charge is 0.416 e. The fourth-order valence-electron chi connectivity index (χ4n) is 1.90. The zero-order chi connectivity index (χ0) is 20.4. The van der Waals surface area contributed by atoms with Crippen LogP contribution in [0.2, 0.25) is 0 Å². The van der Waals surface area contributed by atoms with Crippen LogP contribution in [0, 0.1) is 0 Å². The van der Waals surface area contributed by atoms with E-state index < -0.39 is 47.7 Å². The number of alkyl halides is 6. The fourth-order valence-corrected chi connectivity index (χ4v) is 2.66. The van der Waals surface area contributed by atoms with Crippen molar-refractivity contribution in [2.24, 2.45) is 0 Å². The van der Waals surface area contributed by atoms with E-state index >= 15 is 0 Å². The first-order valence-electron chi connectivity index (χ1n) is 6.89. The summed E-state index contributed by atoms with van der Waals surface area (Å²) in [5.41, 5.74) is -3.45. The van der Waals surface area contributed by atoms with Gasteiger partial charge in [0, 0.05) is 10.8 Å². The van der Waals surface area contributed by atoms with E-state index in [1.807, 2.05) is 0 Å². The van der Waals surface area contributed by atoms with Gasteiger partial charge in [0.15, 0.2) is 6.61 Å². The summed E-state index contributed by atoms with van der Waals surface area (Å²) in [4.78, 5) is 22.7. The molecule has 2 rings (SSSR count). The Balaban J connectivity index is 2.15. The number of amides is 1. The van der Waals surface area contributed by atoms with E-state index in [0.717, 1.165) is 11.3 Å². The predicted molar refractivity (Wildman–Crippen MR) is 81.8 cm³/mol. The van der Waals surface area contributed by atoms with Crippen molar-refractivity contribution in [2.75, 3.05) is 11.9 Å². The van der Waals surface area contributed by atoms with Crippen molar-refractivity contribution < 1.29 is 45.8 Å². The van der Waals surface area contributed by atoms with Gasteiger partial charge in [-0.15, -0.1) is 11.3 Å². The summed E-state index contributed by atoms with van der Waals surface area (Å²) in [5, 5.41) is 13.6. The summed E-state index contributed by atoms with van der Waals surface area (Å²) in [6, 6.07) is 0.586. The molecule has 0 saturated heterocycles. The van der Waals surface area contributed by atoms with Crippen LogP contribution in [0.5, 0.6) is 5.75 Å². The molecule has 1 heterocycles. The number of aromatic carboxylic acids is 1. The number of hydrogen-bond acceptors (Lipinski definition) is 4. The molecule has 2 aromatic rings. The van der Waals surface area contributed by atoms with Crippen LogP contribution < -0.4 is 10.1 Å². The van der Waals surface area contributed by atoms with Crippen LogP contribution in [-0.4, -0.2) is 23.6 Å². The van der Waals surface area contributed by atoms with E-state index in [1.54, 1.807) is 0 Å². The number of carbonyl (C=O) groups is 2. The maximum atomic E-state index is 12.8. The molecule has 146 valence electrons. The SMILES string of the molecule is O=C(COc1cc(C(F)(F)F)cc(C(F)(F)F)c1)Nc1cscc1C(=O)O. The maximum absolute atomic E-state index is 12.8. The van der Waals surface area contributed by atoms with Gasteiger partial charge in [0.25, 0.3) is 5.91 Å². The van der Waals surface area contributed by atoms with Gasteiger partial charge in [0.05, 0.1) is 22.4 Å². The largest absolute Gasteiger partial charge is 0.484 e. The lowest BCUT2D eigenvalue weighted by molar-refractivity contribution is -0.143. The monoisotopic (exact) mass is 413 g/mol. The van der Waals surface area contributed by atoms with E-state index in [9.17, 15) is 35.9 Å². The Morgan fingerprint density at radius 2 is 1.56 bits per heavy atom. The van der Waals surface area contributed by atoms with Gasteiger partial charge in [-0.1, -0.05) is 0 Å². The molecule has 0 aliphatic heterocycles. The number of carboxylic acids is 1. The van der Waals surface area contributed by atoms with E-state index in [0.29, 0.717) is 12.1 Å². The van der Waals surface area contributed by atoms with Crippen molar-refractivity contribution in [2.45, 2.75) is 12.4 Å². The normalized spacial score (nSPS) is 11.9. The lowest BCUT2D eigenvalue weighted by Crippen LogP contribution is -2.21. The Hall–Kier alpha value is -2.76. The molecule has 0 atom stereocenters. The average molecular weight is 413 g/mol. The van der Waals surface area contributed by atoms with Gasteiger partial charge in [-0.3, -0.25) is 4.79 Å². The zero-order valence-corrected chi connectivity index (χ0v) is 13.8. The molecule has 0 bridgehead atoms. The van der Waals surface area contributed by atoms with Crippen LogP contribution in [0.25, 0.3) is 0 Å². The van der Waals surface area contributed by atoms with Gasteiger partial charge < -0.3 is 15.2 Å². The standard InChI is InChI=1S/C15H9F6NO4S/c16-14(17,18)7-1-8(15(19,20)21)3-9(2-7)26-4-12(23)22-11-6-27-5-10(11)13(24)25/h1-3,5-6H,4H2,(H,22,23)(H,24,25). The van der Waals surface area contributed by atoms with Crippen molar-refractivity contribution in [3.05, 3.63) is 45.6 Å². The molecule has 0 unspecified atom stereocenters. The number of thiophene rings is 1. The fraction of sp³-hybridized carbons (Fsp3) is 0.200. The van der Waals surface area contributed by atoms with Crippen molar-refractivity contribution in [1.82, 2.24) is 0 Å². The zero-order valence-electron chi connectivity index (χ0n) is 12.9. The highest BCUT2D eigenvalue weighted by atomic mass is 32.1. The number of carboxylic acid groups (broad SMARTS) is 1. The Morgan fingerprint density at radius 1 is 1.00 bits per heavy atom. The first-order valence-corrected chi connectivity index (χ1v) is 7.84. The Kier molecular flexibility index (Phi) is 5.68. The Morgan fingerprint density at radius 3 is 2.04 bits per heavy atom. The third-order valence-electron chi connectivity index (χ3n) is 3.10. The van der Waals surface area contributed by atoms with Crippen molar-refractivity contribution in [3.8, 4) is 5.75 Å². The number of nitrogens with one attached hydrogen (secondary N) is 1. The van der Waals surface area contributed by atoms with Crippen LogP contribution in [0.1, 0.15) is 21.5 Å². The molecule has 0 fully saturated rings. The summed E-state index contributed by atoms with van der Waals surface area (Å²) >= 11 is 0.974. The number of ether oxygens (including phenoxy) is 1. The second-order valence-corrected chi connectivity index (χ2v) is 5.83. The summed E-state index contributed by atoms with van der Waals surface area (Å²) in [7, 11) is 0. The number of hydrogen-bond donors (Lipinski definition) is 2. The maximum Gasteiger partial charge on any atom is 0.416 e. The molecule has 0 saturated carbocycles. The summed E-state index contributed by atoms with van der Waals surface area (Å²) in [6.07, 6.45) is -10.1. The van der Waals surface area contributed by atoms with Gasteiger partial charge in [-0.2, -0.15) is 26.3 Å². The Bertz CT molecular complexity index is 826. The van der Waals surface area contributed by atoms with Gasteiger partial charge in [-0.25, -0.2) is 4.79 Å². The molecule has 5 nitrogen and oxygen atoms in total. The van der Waals surface area contributed by atoms with Gasteiger partial charge in [0.1, 0.15) is 5.75 Å². The molecule has 0 aliphatic carbocycles. The summed E-state index contributed by atoms with van der Waals surface area (Å²) in [5.74, 6) is -3.09. The van der Waals surface area contributed by atoms with Crippen molar-refractivity contribution in [1.29, 1.82) is 0 Å². The molecular formula is C15H9F6NO4S. The number of carbonyl (C=O) groups excluding carboxylic acids is 1. The second kappa shape index (κ2) is 7.47. The van der Waals surface area contributed by atoms with Gasteiger partial charge >= 0.3 is 18.3 Å². The summed E-state index contributed by atoms with van der Waals surface area (Å²) < 4.78 is 81.2. The second-order valence-electron chi connectivity index (χ2n) is 5.08. The first-order chi connectivity index (χ1) is 12.4. The van der Waals surface area contributed by atoms with E-state index in [2.05, 4.69) is 5.32 Å². The minimum Gasteiger partial charge on any atom is -0.484 e. The van der Waals surface area contributed by atoms with Crippen molar-refractivity contribution >= 4 is 28.9 Å². The topological polar surface area (TPSA) is 75.6 Å². The third kappa shape index (κ3) is 5.36. The van der Waals surface area contributed by atoms with Gasteiger partial charge in [0.2, 0.25) is 0 Å². The van der Waals surface area contributed by atoms with E-state index in [-0.39, 0.29) is 17.3 Å². The van der Waals surface area contributed by atoms with Crippen LogP contribution in [0.15, 0.2) is 29.0 Å². The molecule has 0 spiro atoms. The van der Waals surface area contributed by atoms with Crippen LogP contribution in [-0.2, 0) is 17.1 Å². The quantitative estimate of drug-likeness (QED) is 0.708. The molecule has 0 aliphatic rings. The van der Waals surface area contributed by atoms with Gasteiger partial charge in [-0.05, 0) is 18.2 Å². The molecule has 27 heavy (non-hydrogen) atoms. The predicted octanol–water partition coefficient (Wildman–Crippen LogP) is 4.50. The Labute approximate surface area is 151 Å². The lowest BCUT2D eigenvalue weighted by atomic mass is 10.1. The average Bonchev–Trinajstić information content (AvgIpc) is 2.99. The highest BCUT2D eigenvalue weighted by Gasteiger charge is 2.37. The lowest BCUT2D eigenvalue weighted by Gasteiger charge is -2.14. The van der Waals surface area contributed by atoms with Crippen LogP contribution in [0.3, 0.4) is 0 Å². The number of anilines is 1. The van der Waals surface area contributed by atoms with E-state index in [4.69, 9.17) is 9.84 Å². The highest BCUT2D eigenvalue weighted by Crippen LogP contribution is 2.38.